The number of hydrogen-bond donors (Lipinski definition) is 1. The van der Waals surface area contributed by atoms with Crippen LogP contribution in [0.3, 0.4) is 0 Å². The molecule has 5 rings (SSSR count). The summed E-state index contributed by atoms with van der Waals surface area (Å²) in [6, 6.07) is 0. The molecular weight excluding hydrogens is 388 g/mol. The Morgan fingerprint density at radius 1 is 0.531 bits per heavy atom. The van der Waals surface area contributed by atoms with Crippen LogP contribution in [0.4, 0.5) is 0 Å². The van der Waals surface area contributed by atoms with Crippen molar-refractivity contribution in [1.82, 2.24) is 0 Å². The fourth-order valence-electron chi connectivity index (χ4n) is 11.6. The zero-order valence-electron chi connectivity index (χ0n) is 23.0. The number of aliphatic hydroxyl groups excluding tert-OH is 1. The monoisotopic (exact) mass is 442 g/mol. The van der Waals surface area contributed by atoms with Gasteiger partial charge in [0, 0.05) is 0 Å². The quantitative estimate of drug-likeness (QED) is 0.398. The van der Waals surface area contributed by atoms with Crippen LogP contribution in [0.2, 0.25) is 0 Å². The molecule has 5 saturated carbocycles. The third-order valence-corrected chi connectivity index (χ3v) is 14.6. The van der Waals surface area contributed by atoms with E-state index in [0.717, 1.165) is 24.2 Å². The van der Waals surface area contributed by atoms with Gasteiger partial charge in [-0.05, 0) is 126 Å². The summed E-state index contributed by atoms with van der Waals surface area (Å²) < 4.78 is 0. The number of fused-ring (bicyclic) bond motifs is 7. The Hall–Kier alpha value is -0.0400. The molecule has 0 aromatic carbocycles. The minimum absolute atomic E-state index is 0.0318. The Kier molecular flexibility index (Phi) is 4.88. The highest BCUT2D eigenvalue weighted by Crippen LogP contribution is 2.79. The second-order valence-electron chi connectivity index (χ2n) is 16.3. The van der Waals surface area contributed by atoms with Crippen LogP contribution in [0.25, 0.3) is 0 Å². The Morgan fingerprint density at radius 2 is 1.09 bits per heavy atom. The Labute approximate surface area is 199 Å². The van der Waals surface area contributed by atoms with Gasteiger partial charge < -0.3 is 5.11 Å². The van der Waals surface area contributed by atoms with E-state index >= 15 is 0 Å². The van der Waals surface area contributed by atoms with Crippen LogP contribution >= 0.6 is 0 Å². The van der Waals surface area contributed by atoms with E-state index in [-0.39, 0.29) is 16.9 Å². The lowest BCUT2D eigenvalue weighted by Gasteiger charge is -2.75. The fraction of sp³-hybridized carbons (Fsp3) is 1.00. The van der Waals surface area contributed by atoms with Gasteiger partial charge in [-0.15, -0.1) is 0 Å². The summed E-state index contributed by atoms with van der Waals surface area (Å²) in [7, 11) is 0. The highest BCUT2D eigenvalue weighted by molar-refractivity contribution is 5.20. The molecule has 0 bridgehead atoms. The Balaban J connectivity index is 1.55. The van der Waals surface area contributed by atoms with Crippen LogP contribution in [0.15, 0.2) is 0 Å². The van der Waals surface area contributed by atoms with Crippen LogP contribution in [0.1, 0.15) is 133 Å². The van der Waals surface area contributed by atoms with E-state index in [1.165, 1.54) is 64.2 Å². The molecule has 0 amide bonds. The van der Waals surface area contributed by atoms with Crippen molar-refractivity contribution < 1.29 is 5.11 Å². The topological polar surface area (TPSA) is 20.2 Å². The summed E-state index contributed by atoms with van der Waals surface area (Å²) in [5, 5.41) is 11.0. The molecule has 184 valence electrons. The lowest BCUT2D eigenvalue weighted by molar-refractivity contribution is -0.273. The minimum Gasteiger partial charge on any atom is -0.393 e. The summed E-state index contributed by atoms with van der Waals surface area (Å²) in [6.07, 6.45) is 14.9. The molecule has 5 aliphatic carbocycles. The summed E-state index contributed by atoms with van der Waals surface area (Å²) in [5.74, 6) is 2.51. The molecule has 0 heterocycles. The normalized spacial score (nSPS) is 58.7. The van der Waals surface area contributed by atoms with Gasteiger partial charge >= 0.3 is 0 Å². The molecule has 9 atom stereocenters. The van der Waals surface area contributed by atoms with E-state index < -0.39 is 0 Å². The van der Waals surface area contributed by atoms with E-state index in [1.54, 1.807) is 0 Å². The molecule has 9 unspecified atom stereocenters. The lowest BCUT2D eigenvalue weighted by Crippen LogP contribution is -2.69. The molecule has 1 heteroatoms. The standard InChI is InChI=1S/C31H54O/c1-25(2)14-15-27(5)16-18-30(8)22-12-13-29(7)21(10-11-24(32)26(29,3)4)28(22,6)17-19-31(30,9)23(27)20-25/h21-24,32H,10-20H2,1-9H3. The summed E-state index contributed by atoms with van der Waals surface area (Å²) in [5.41, 5.74) is 2.79. The molecule has 0 aliphatic heterocycles. The molecule has 0 aromatic heterocycles. The SMILES string of the molecule is CC1(C)CCC2(C)CCC3(C)C4CCC5(C)C(CCC(O)C5(C)C)C4(C)CCC3(C)C2C1. The Bertz CT molecular complexity index is 781. The van der Waals surface area contributed by atoms with Crippen LogP contribution in [0.5, 0.6) is 0 Å². The van der Waals surface area contributed by atoms with Crippen LogP contribution in [-0.2, 0) is 0 Å². The van der Waals surface area contributed by atoms with Crippen molar-refractivity contribution in [1.29, 1.82) is 0 Å². The molecule has 32 heavy (non-hydrogen) atoms. The summed E-state index contributed by atoms with van der Waals surface area (Å²) in [4.78, 5) is 0. The third kappa shape index (κ3) is 2.67. The van der Waals surface area contributed by atoms with Crippen LogP contribution in [0, 0.1) is 55.7 Å². The number of rotatable bonds is 0. The van der Waals surface area contributed by atoms with Gasteiger partial charge in [0.05, 0.1) is 6.10 Å². The van der Waals surface area contributed by atoms with Crippen molar-refractivity contribution in [3.8, 4) is 0 Å². The predicted octanol–water partition coefficient (Wildman–Crippen LogP) is 8.64. The van der Waals surface area contributed by atoms with Gasteiger partial charge in [0.25, 0.3) is 0 Å². The van der Waals surface area contributed by atoms with Crippen molar-refractivity contribution in [3.63, 3.8) is 0 Å². The lowest BCUT2D eigenvalue weighted by atomic mass is 9.29. The molecule has 5 fully saturated rings. The van der Waals surface area contributed by atoms with Gasteiger partial charge in [-0.3, -0.25) is 0 Å². The molecular formula is C31H54O. The van der Waals surface area contributed by atoms with Gasteiger partial charge in [-0.2, -0.15) is 0 Å². The van der Waals surface area contributed by atoms with E-state index in [9.17, 15) is 5.11 Å². The highest BCUT2D eigenvalue weighted by Gasteiger charge is 2.71. The van der Waals surface area contributed by atoms with Gasteiger partial charge in [-0.25, -0.2) is 0 Å². The van der Waals surface area contributed by atoms with E-state index in [1.807, 2.05) is 0 Å². The van der Waals surface area contributed by atoms with Gasteiger partial charge in [0.15, 0.2) is 0 Å². The van der Waals surface area contributed by atoms with E-state index in [4.69, 9.17) is 0 Å². The maximum Gasteiger partial charge on any atom is 0.0596 e. The first-order chi connectivity index (χ1) is 14.6. The van der Waals surface area contributed by atoms with E-state index in [0.29, 0.717) is 27.1 Å². The van der Waals surface area contributed by atoms with E-state index in [2.05, 4.69) is 62.3 Å². The van der Waals surface area contributed by atoms with Gasteiger partial charge in [0.2, 0.25) is 0 Å². The first kappa shape index (κ1) is 23.7. The number of aliphatic hydroxyl groups is 1. The molecule has 0 aromatic rings. The zero-order valence-corrected chi connectivity index (χ0v) is 23.0. The van der Waals surface area contributed by atoms with Crippen LogP contribution in [-0.4, -0.2) is 11.2 Å². The maximum absolute atomic E-state index is 11.0. The molecule has 1 nitrogen and oxygen atoms in total. The highest BCUT2D eigenvalue weighted by atomic mass is 16.3. The second-order valence-corrected chi connectivity index (χ2v) is 16.3. The molecule has 1 N–H and O–H groups in total. The molecule has 0 radical (unpaired) electrons. The fourth-order valence-corrected chi connectivity index (χ4v) is 11.6. The largest absolute Gasteiger partial charge is 0.393 e. The van der Waals surface area contributed by atoms with Crippen LogP contribution < -0.4 is 0 Å². The third-order valence-electron chi connectivity index (χ3n) is 14.6. The minimum atomic E-state index is -0.131. The molecule has 0 spiro atoms. The summed E-state index contributed by atoms with van der Waals surface area (Å²) in [6.45, 7) is 23.4. The summed E-state index contributed by atoms with van der Waals surface area (Å²) >= 11 is 0. The zero-order chi connectivity index (χ0) is 23.6. The van der Waals surface area contributed by atoms with Crippen molar-refractivity contribution in [2.24, 2.45) is 55.7 Å². The van der Waals surface area contributed by atoms with Gasteiger partial charge in [0.1, 0.15) is 0 Å². The molecule has 0 saturated heterocycles. The van der Waals surface area contributed by atoms with Crippen molar-refractivity contribution in [2.75, 3.05) is 0 Å². The predicted molar refractivity (Wildman–Crippen MR) is 135 cm³/mol. The van der Waals surface area contributed by atoms with Gasteiger partial charge in [-0.1, -0.05) is 62.3 Å². The maximum atomic E-state index is 11.0. The second kappa shape index (κ2) is 6.59. The first-order valence-corrected chi connectivity index (χ1v) is 14.2. The first-order valence-electron chi connectivity index (χ1n) is 14.2. The van der Waals surface area contributed by atoms with Crippen molar-refractivity contribution in [2.45, 2.75) is 139 Å². The Morgan fingerprint density at radius 3 is 1.78 bits per heavy atom. The average Bonchev–Trinajstić information content (AvgIpc) is 2.69. The smallest absolute Gasteiger partial charge is 0.0596 e. The number of hydrogen-bond acceptors (Lipinski definition) is 1. The van der Waals surface area contributed by atoms with Crippen molar-refractivity contribution in [3.05, 3.63) is 0 Å². The molecule has 5 aliphatic rings. The average molecular weight is 443 g/mol. The van der Waals surface area contributed by atoms with Crippen molar-refractivity contribution >= 4 is 0 Å².